The van der Waals surface area contributed by atoms with Crippen molar-refractivity contribution in [3.63, 3.8) is 0 Å². The first-order valence-electron chi connectivity index (χ1n) is 4.83. The summed E-state index contributed by atoms with van der Waals surface area (Å²) in [4.78, 5) is 4.07. The van der Waals surface area contributed by atoms with E-state index in [4.69, 9.17) is 10.3 Å². The highest BCUT2D eigenvalue weighted by atomic mass is 16.5. The van der Waals surface area contributed by atoms with E-state index in [1.54, 1.807) is 0 Å². The van der Waals surface area contributed by atoms with Gasteiger partial charge in [0.25, 0.3) is 5.89 Å². The summed E-state index contributed by atoms with van der Waals surface area (Å²) >= 11 is 0. The average molecular weight is 199 g/mol. The minimum atomic E-state index is -0.861. The van der Waals surface area contributed by atoms with E-state index < -0.39 is 6.10 Å². The van der Waals surface area contributed by atoms with Crippen molar-refractivity contribution in [3.05, 3.63) is 11.7 Å². The van der Waals surface area contributed by atoms with Crippen LogP contribution in [-0.2, 0) is 0 Å². The second-order valence-corrected chi connectivity index (χ2v) is 3.66. The van der Waals surface area contributed by atoms with Gasteiger partial charge in [0.05, 0.1) is 0 Å². The van der Waals surface area contributed by atoms with Gasteiger partial charge in [-0.3, -0.25) is 0 Å². The van der Waals surface area contributed by atoms with E-state index in [-0.39, 0.29) is 17.9 Å². The molecule has 5 heteroatoms. The Balaban J connectivity index is 2.76. The molecule has 0 aliphatic carbocycles. The maximum Gasteiger partial charge on any atom is 0.257 e. The molecule has 14 heavy (non-hydrogen) atoms. The van der Waals surface area contributed by atoms with E-state index in [2.05, 4.69) is 10.1 Å². The predicted octanol–water partition coefficient (Wildman–Crippen LogP) is 0.964. The van der Waals surface area contributed by atoms with Gasteiger partial charge in [0.1, 0.15) is 6.10 Å². The Labute approximate surface area is 83.3 Å². The van der Waals surface area contributed by atoms with Gasteiger partial charge in [-0.1, -0.05) is 25.9 Å². The minimum Gasteiger partial charge on any atom is -0.382 e. The number of hydrogen-bond acceptors (Lipinski definition) is 5. The monoisotopic (exact) mass is 199 g/mol. The number of rotatable bonds is 4. The van der Waals surface area contributed by atoms with Crippen LogP contribution in [0.25, 0.3) is 0 Å². The maximum absolute atomic E-state index is 9.66. The fourth-order valence-electron chi connectivity index (χ4n) is 1.01. The van der Waals surface area contributed by atoms with Crippen LogP contribution in [0.15, 0.2) is 4.52 Å². The summed E-state index contributed by atoms with van der Waals surface area (Å²) in [5, 5.41) is 13.4. The number of aliphatic hydroxyl groups excluding tert-OH is 1. The third-order valence-corrected chi connectivity index (χ3v) is 2.10. The molecular formula is C9H17N3O2. The van der Waals surface area contributed by atoms with E-state index in [1.165, 1.54) is 0 Å². The highest BCUT2D eigenvalue weighted by molar-refractivity contribution is 4.96. The van der Waals surface area contributed by atoms with Crippen LogP contribution in [0.2, 0.25) is 0 Å². The Morgan fingerprint density at radius 1 is 1.50 bits per heavy atom. The maximum atomic E-state index is 9.66. The van der Waals surface area contributed by atoms with Gasteiger partial charge in [-0.2, -0.15) is 4.98 Å². The lowest BCUT2D eigenvalue weighted by Gasteiger charge is -2.11. The molecule has 0 saturated heterocycles. The smallest absolute Gasteiger partial charge is 0.257 e. The van der Waals surface area contributed by atoms with Gasteiger partial charge < -0.3 is 15.4 Å². The zero-order valence-electron chi connectivity index (χ0n) is 8.77. The fourth-order valence-corrected chi connectivity index (χ4v) is 1.01. The molecule has 0 aliphatic heterocycles. The van der Waals surface area contributed by atoms with Crippen molar-refractivity contribution in [1.29, 1.82) is 0 Å². The molecule has 0 amide bonds. The van der Waals surface area contributed by atoms with Gasteiger partial charge in [0, 0.05) is 12.0 Å². The summed E-state index contributed by atoms with van der Waals surface area (Å²) in [7, 11) is 0. The highest BCUT2D eigenvalue weighted by Crippen LogP contribution is 2.18. The lowest BCUT2D eigenvalue weighted by atomic mass is 10.1. The summed E-state index contributed by atoms with van der Waals surface area (Å²) in [6.45, 7) is 5.81. The van der Waals surface area contributed by atoms with Gasteiger partial charge in [-0.25, -0.2) is 0 Å². The van der Waals surface area contributed by atoms with Crippen LogP contribution in [-0.4, -0.2) is 21.3 Å². The van der Waals surface area contributed by atoms with Crippen LogP contribution < -0.4 is 5.73 Å². The molecular weight excluding hydrogens is 182 g/mol. The largest absolute Gasteiger partial charge is 0.382 e. The summed E-state index contributed by atoms with van der Waals surface area (Å²) in [6, 6.07) is -0.351. The number of nitrogens with zero attached hydrogens (tertiary/aromatic N) is 2. The minimum absolute atomic E-state index is 0.192. The average Bonchev–Trinajstić information content (AvgIpc) is 2.64. The van der Waals surface area contributed by atoms with E-state index >= 15 is 0 Å². The molecule has 0 bridgehead atoms. The zero-order valence-corrected chi connectivity index (χ0v) is 8.77. The molecule has 5 nitrogen and oxygen atoms in total. The summed E-state index contributed by atoms with van der Waals surface area (Å²) in [5.41, 5.74) is 5.66. The first-order chi connectivity index (χ1) is 6.56. The normalized spacial score (nSPS) is 15.9. The van der Waals surface area contributed by atoms with Crippen molar-refractivity contribution in [2.75, 3.05) is 0 Å². The van der Waals surface area contributed by atoms with Gasteiger partial charge >= 0.3 is 0 Å². The van der Waals surface area contributed by atoms with Crippen molar-refractivity contribution < 1.29 is 9.63 Å². The highest BCUT2D eigenvalue weighted by Gasteiger charge is 2.22. The third-order valence-electron chi connectivity index (χ3n) is 2.10. The van der Waals surface area contributed by atoms with Crippen molar-refractivity contribution in [3.8, 4) is 0 Å². The van der Waals surface area contributed by atoms with Crippen LogP contribution in [0.3, 0.4) is 0 Å². The molecule has 0 aliphatic rings. The Bertz CT molecular complexity index is 285. The molecule has 0 saturated carbocycles. The second kappa shape index (κ2) is 4.52. The Kier molecular flexibility index (Phi) is 3.60. The first-order valence-corrected chi connectivity index (χ1v) is 4.83. The lowest BCUT2D eigenvalue weighted by molar-refractivity contribution is 0.105. The molecule has 1 rings (SSSR count). The molecule has 0 fully saturated rings. The summed E-state index contributed by atoms with van der Waals surface area (Å²) in [5.74, 6) is 1.00. The van der Waals surface area contributed by atoms with E-state index in [0.717, 1.165) is 0 Å². The predicted molar refractivity (Wildman–Crippen MR) is 51.6 cm³/mol. The molecule has 80 valence electrons. The second-order valence-electron chi connectivity index (χ2n) is 3.66. The van der Waals surface area contributed by atoms with Crippen LogP contribution >= 0.6 is 0 Å². The number of aliphatic hydroxyl groups is 1. The standard InChI is InChI=1S/C9H17N3O2/c1-4-6(10)7(13)9-11-8(5(2)3)12-14-9/h5-7,13H,4,10H2,1-3H3/t6-,7?/m0/s1. The molecule has 1 unspecified atom stereocenters. The number of nitrogens with two attached hydrogens (primary N) is 1. The van der Waals surface area contributed by atoms with Crippen LogP contribution in [0.5, 0.6) is 0 Å². The Morgan fingerprint density at radius 3 is 2.57 bits per heavy atom. The Morgan fingerprint density at radius 2 is 2.14 bits per heavy atom. The molecule has 1 aromatic heterocycles. The first kappa shape index (κ1) is 11.1. The van der Waals surface area contributed by atoms with Crippen LogP contribution in [0, 0.1) is 0 Å². The number of aromatic nitrogens is 2. The topological polar surface area (TPSA) is 85.2 Å². The van der Waals surface area contributed by atoms with Gasteiger partial charge in [0.15, 0.2) is 5.82 Å². The fraction of sp³-hybridized carbons (Fsp3) is 0.778. The molecule has 1 heterocycles. The SMILES string of the molecule is CC[C@H](N)C(O)c1nc(C(C)C)no1. The van der Waals surface area contributed by atoms with E-state index in [9.17, 15) is 5.11 Å². The van der Waals surface area contributed by atoms with Crippen molar-refractivity contribution in [2.24, 2.45) is 5.73 Å². The van der Waals surface area contributed by atoms with Gasteiger partial charge in [0.2, 0.25) is 0 Å². The Hall–Kier alpha value is -0.940. The van der Waals surface area contributed by atoms with Gasteiger partial charge in [-0.05, 0) is 6.42 Å². The molecule has 0 spiro atoms. The van der Waals surface area contributed by atoms with E-state index in [0.29, 0.717) is 12.2 Å². The van der Waals surface area contributed by atoms with Crippen LogP contribution in [0.4, 0.5) is 0 Å². The zero-order chi connectivity index (χ0) is 10.7. The number of hydrogen-bond donors (Lipinski definition) is 2. The lowest BCUT2D eigenvalue weighted by Crippen LogP contribution is -2.27. The third kappa shape index (κ3) is 2.30. The molecule has 0 radical (unpaired) electrons. The van der Waals surface area contributed by atoms with Crippen LogP contribution in [0.1, 0.15) is 50.9 Å². The molecule has 3 N–H and O–H groups in total. The molecule has 1 aromatic rings. The van der Waals surface area contributed by atoms with Crippen molar-refractivity contribution >= 4 is 0 Å². The van der Waals surface area contributed by atoms with E-state index in [1.807, 2.05) is 20.8 Å². The quantitative estimate of drug-likeness (QED) is 0.754. The van der Waals surface area contributed by atoms with Gasteiger partial charge in [-0.15, -0.1) is 0 Å². The van der Waals surface area contributed by atoms with Crippen molar-refractivity contribution in [1.82, 2.24) is 10.1 Å². The summed E-state index contributed by atoms with van der Waals surface area (Å²) < 4.78 is 4.92. The summed E-state index contributed by atoms with van der Waals surface area (Å²) in [6.07, 6.45) is -0.194. The van der Waals surface area contributed by atoms with Crippen molar-refractivity contribution in [2.45, 2.75) is 45.3 Å². The molecule has 0 aromatic carbocycles. The molecule has 2 atom stereocenters.